The van der Waals surface area contributed by atoms with Gasteiger partial charge >= 0.3 is 6.18 Å². The molecule has 3 aromatic carbocycles. The number of anilines is 1. The fourth-order valence-electron chi connectivity index (χ4n) is 3.02. The van der Waals surface area contributed by atoms with E-state index in [9.17, 15) is 26.4 Å². The van der Waals surface area contributed by atoms with Crippen LogP contribution in [0.5, 0.6) is 5.75 Å². The van der Waals surface area contributed by atoms with E-state index in [0.29, 0.717) is 11.3 Å². The minimum absolute atomic E-state index is 0.0304. The molecular formula is C23H21F3N2O4S. The Bertz CT molecular complexity index is 1180. The zero-order valence-corrected chi connectivity index (χ0v) is 18.3. The third-order valence-corrected chi connectivity index (χ3v) is 6.23. The third-order valence-electron chi connectivity index (χ3n) is 4.75. The van der Waals surface area contributed by atoms with Crippen LogP contribution in [-0.2, 0) is 27.4 Å². The number of sulfonamides is 1. The number of methoxy groups -OCH3 is 1. The Morgan fingerprint density at radius 3 is 2.09 bits per heavy atom. The van der Waals surface area contributed by atoms with E-state index >= 15 is 0 Å². The average Bonchev–Trinajstić information content (AvgIpc) is 2.79. The highest BCUT2D eigenvalue weighted by Crippen LogP contribution is 2.29. The van der Waals surface area contributed by atoms with Gasteiger partial charge in [0.2, 0.25) is 15.9 Å². The summed E-state index contributed by atoms with van der Waals surface area (Å²) in [4.78, 5) is 12.9. The molecule has 0 fully saturated rings. The van der Waals surface area contributed by atoms with Crippen LogP contribution >= 0.6 is 0 Å². The van der Waals surface area contributed by atoms with Crippen molar-refractivity contribution in [3.05, 3.63) is 90.0 Å². The van der Waals surface area contributed by atoms with Crippen LogP contribution in [0.4, 0.5) is 18.9 Å². The Labute approximate surface area is 189 Å². The number of amides is 1. The summed E-state index contributed by atoms with van der Waals surface area (Å²) in [5.74, 6) is -0.245. The highest BCUT2D eigenvalue weighted by atomic mass is 32.2. The number of carbonyl (C=O) groups excluding carboxylic acids is 1. The normalized spacial score (nSPS) is 12.7. The first kappa shape index (κ1) is 24.3. The van der Waals surface area contributed by atoms with Gasteiger partial charge in [-0.1, -0.05) is 30.3 Å². The van der Waals surface area contributed by atoms with Gasteiger partial charge in [0.25, 0.3) is 0 Å². The largest absolute Gasteiger partial charge is 0.497 e. The molecule has 0 radical (unpaired) electrons. The van der Waals surface area contributed by atoms with Crippen molar-refractivity contribution in [1.29, 1.82) is 0 Å². The lowest BCUT2D eigenvalue weighted by Gasteiger charge is -2.19. The first-order valence-corrected chi connectivity index (χ1v) is 11.3. The molecule has 0 spiro atoms. The van der Waals surface area contributed by atoms with E-state index in [1.165, 1.54) is 31.4 Å². The summed E-state index contributed by atoms with van der Waals surface area (Å²) >= 11 is 0. The van der Waals surface area contributed by atoms with Gasteiger partial charge in [0, 0.05) is 5.69 Å². The highest BCUT2D eigenvalue weighted by Gasteiger charge is 2.30. The fraction of sp³-hybridized carbons (Fsp3) is 0.174. The van der Waals surface area contributed by atoms with Gasteiger partial charge < -0.3 is 10.1 Å². The maximum Gasteiger partial charge on any atom is 0.416 e. The molecule has 1 amide bonds. The number of hydrogen-bond donors (Lipinski definition) is 2. The molecule has 3 aromatic rings. The van der Waals surface area contributed by atoms with Crippen LogP contribution in [0.25, 0.3) is 0 Å². The minimum atomic E-state index is -4.51. The van der Waals surface area contributed by atoms with E-state index in [4.69, 9.17) is 4.74 Å². The van der Waals surface area contributed by atoms with E-state index in [1.54, 1.807) is 30.3 Å². The molecule has 0 aliphatic rings. The van der Waals surface area contributed by atoms with Crippen molar-refractivity contribution in [2.24, 2.45) is 0 Å². The maximum atomic E-state index is 12.9. The topological polar surface area (TPSA) is 84.5 Å². The molecule has 1 unspecified atom stereocenters. The molecule has 0 saturated heterocycles. The number of hydrogen-bond acceptors (Lipinski definition) is 4. The Hall–Kier alpha value is -3.37. The lowest BCUT2D eigenvalue weighted by molar-refractivity contribution is -0.137. The van der Waals surface area contributed by atoms with Gasteiger partial charge in [0.15, 0.2) is 0 Å². The molecule has 0 aliphatic carbocycles. The van der Waals surface area contributed by atoms with Crippen molar-refractivity contribution >= 4 is 21.6 Å². The molecule has 0 heterocycles. The van der Waals surface area contributed by atoms with E-state index in [1.807, 2.05) is 0 Å². The molecular weight excluding hydrogens is 457 g/mol. The molecule has 10 heteroatoms. The van der Waals surface area contributed by atoms with Crippen LogP contribution in [0.15, 0.2) is 83.8 Å². The van der Waals surface area contributed by atoms with Crippen LogP contribution in [0.2, 0.25) is 0 Å². The molecule has 6 nitrogen and oxygen atoms in total. The van der Waals surface area contributed by atoms with Crippen LogP contribution in [0.3, 0.4) is 0 Å². The zero-order valence-electron chi connectivity index (χ0n) is 17.5. The molecule has 0 saturated carbocycles. The average molecular weight is 478 g/mol. The van der Waals surface area contributed by atoms with Crippen molar-refractivity contribution in [3.8, 4) is 5.75 Å². The van der Waals surface area contributed by atoms with E-state index in [2.05, 4.69) is 10.0 Å². The molecule has 2 N–H and O–H groups in total. The van der Waals surface area contributed by atoms with Gasteiger partial charge in [-0.15, -0.1) is 0 Å². The second-order valence-corrected chi connectivity index (χ2v) is 8.82. The zero-order chi connectivity index (χ0) is 24.1. The lowest BCUT2D eigenvalue weighted by Crippen LogP contribution is -2.45. The molecule has 3 rings (SSSR count). The third kappa shape index (κ3) is 6.56. The van der Waals surface area contributed by atoms with Crippen LogP contribution < -0.4 is 14.8 Å². The number of ether oxygens (including phenoxy) is 1. The Kier molecular flexibility index (Phi) is 7.39. The first-order valence-electron chi connectivity index (χ1n) is 9.77. The van der Waals surface area contributed by atoms with Gasteiger partial charge in [0.1, 0.15) is 11.8 Å². The molecule has 0 bridgehead atoms. The number of rotatable bonds is 8. The number of nitrogens with one attached hydrogen (secondary N) is 2. The van der Waals surface area contributed by atoms with Gasteiger partial charge in [-0.05, 0) is 60.5 Å². The van der Waals surface area contributed by atoms with Crippen LogP contribution in [-0.4, -0.2) is 27.5 Å². The molecule has 1 atom stereocenters. The second kappa shape index (κ2) is 10.1. The van der Waals surface area contributed by atoms with Crippen molar-refractivity contribution in [1.82, 2.24) is 4.72 Å². The Balaban J connectivity index is 1.83. The second-order valence-electron chi connectivity index (χ2n) is 7.10. The Morgan fingerprint density at radius 1 is 0.939 bits per heavy atom. The Morgan fingerprint density at radius 2 is 1.55 bits per heavy atom. The number of alkyl halides is 3. The molecule has 174 valence electrons. The summed E-state index contributed by atoms with van der Waals surface area (Å²) in [5, 5.41) is 2.48. The van der Waals surface area contributed by atoms with Crippen molar-refractivity contribution in [2.75, 3.05) is 12.4 Å². The first-order chi connectivity index (χ1) is 15.6. The number of halogens is 3. The number of benzene rings is 3. The summed E-state index contributed by atoms with van der Waals surface area (Å²) < 4.78 is 71.5. The van der Waals surface area contributed by atoms with Crippen molar-refractivity contribution < 1.29 is 31.1 Å². The van der Waals surface area contributed by atoms with Crippen LogP contribution in [0.1, 0.15) is 11.1 Å². The predicted molar refractivity (Wildman–Crippen MR) is 117 cm³/mol. The van der Waals surface area contributed by atoms with E-state index < -0.39 is 33.7 Å². The minimum Gasteiger partial charge on any atom is -0.497 e. The molecule has 33 heavy (non-hydrogen) atoms. The van der Waals surface area contributed by atoms with E-state index in [-0.39, 0.29) is 17.0 Å². The van der Waals surface area contributed by atoms with E-state index in [0.717, 1.165) is 24.3 Å². The molecule has 0 aliphatic heterocycles. The summed E-state index contributed by atoms with van der Waals surface area (Å²) in [6.07, 6.45) is -4.48. The van der Waals surface area contributed by atoms with Gasteiger partial charge in [-0.3, -0.25) is 4.79 Å². The predicted octanol–water partition coefficient (Wildman–Crippen LogP) is 4.24. The van der Waals surface area contributed by atoms with Crippen molar-refractivity contribution in [2.45, 2.75) is 23.5 Å². The number of carbonyl (C=O) groups is 1. The quantitative estimate of drug-likeness (QED) is 0.507. The summed E-state index contributed by atoms with van der Waals surface area (Å²) in [7, 11) is -2.64. The van der Waals surface area contributed by atoms with Gasteiger partial charge in [-0.25, -0.2) is 8.42 Å². The van der Waals surface area contributed by atoms with Crippen LogP contribution in [0, 0.1) is 0 Å². The monoisotopic (exact) mass is 478 g/mol. The maximum absolute atomic E-state index is 12.9. The van der Waals surface area contributed by atoms with Crippen molar-refractivity contribution in [3.63, 3.8) is 0 Å². The standard InChI is InChI=1S/C23H21F3N2O4S/c1-32-19-11-13-20(14-12-19)33(30,31)28-21(15-16-5-3-2-4-6-16)22(29)27-18-9-7-17(8-10-18)23(24,25)26/h2-14,21,28H,15H2,1H3,(H,27,29). The highest BCUT2D eigenvalue weighted by molar-refractivity contribution is 7.89. The summed E-state index contributed by atoms with van der Waals surface area (Å²) in [6, 6.07) is 17.1. The molecule has 0 aromatic heterocycles. The fourth-order valence-corrected chi connectivity index (χ4v) is 4.22. The summed E-state index contributed by atoms with van der Waals surface area (Å²) in [6.45, 7) is 0. The lowest BCUT2D eigenvalue weighted by atomic mass is 10.1. The van der Waals surface area contributed by atoms with Gasteiger partial charge in [0.05, 0.1) is 17.6 Å². The van der Waals surface area contributed by atoms with Gasteiger partial charge in [-0.2, -0.15) is 17.9 Å². The smallest absolute Gasteiger partial charge is 0.416 e. The summed E-state index contributed by atoms with van der Waals surface area (Å²) in [5.41, 5.74) is -0.0567. The SMILES string of the molecule is COc1ccc(S(=O)(=O)NC(Cc2ccccc2)C(=O)Nc2ccc(C(F)(F)F)cc2)cc1.